The molecule has 0 amide bonds. The van der Waals surface area contributed by atoms with Gasteiger partial charge in [0.05, 0.1) is 0 Å². The Bertz CT molecular complexity index is 1670. The van der Waals surface area contributed by atoms with Gasteiger partial charge in [0.25, 0.3) is 0 Å². The van der Waals surface area contributed by atoms with Crippen LogP contribution in [0.1, 0.15) is 284 Å². The standard InChI is InChI=1S/C72H118O6/c1-4-7-10-13-16-19-22-25-28-29-30-31-32-33-34-35-36-37-38-39-40-41-42-43-45-47-50-53-56-59-62-65-71(74)77-68-69(67-76-70(73)64-61-58-55-52-49-46-27-24-21-18-15-12-9-6-3)78-72(75)66-63-60-57-54-51-48-44-26-23-20-17-14-11-8-5-2/h7,10,16-17,19-20,24-28,30-31,33-34,36-37,39-40,42-44,69H,4-6,8-9,11-15,18,21-23,29,32,35,38,41,45-68H2,1-3H3/b10-7-,19-16-,20-17-,27-24-,28-25-,31-30-,34-33-,37-36-,40-39-,43-42-,44-26-. The predicted molar refractivity (Wildman–Crippen MR) is 339 cm³/mol. The maximum atomic E-state index is 12.9. The second kappa shape index (κ2) is 65.1. The van der Waals surface area contributed by atoms with Gasteiger partial charge in [0.2, 0.25) is 0 Å². The van der Waals surface area contributed by atoms with Crippen LogP contribution in [-0.2, 0) is 28.6 Å². The van der Waals surface area contributed by atoms with E-state index in [-0.39, 0.29) is 31.1 Å². The quantitative estimate of drug-likeness (QED) is 0.0261. The Hall–Kier alpha value is -4.45. The molecule has 1 atom stereocenters. The number of carbonyl (C=O) groups excluding carboxylic acids is 3. The molecule has 0 aromatic rings. The summed E-state index contributed by atoms with van der Waals surface area (Å²) in [5.74, 6) is -0.931. The molecule has 78 heavy (non-hydrogen) atoms. The summed E-state index contributed by atoms with van der Waals surface area (Å²) < 4.78 is 16.9. The van der Waals surface area contributed by atoms with E-state index >= 15 is 0 Å². The number of esters is 3. The minimum atomic E-state index is -0.800. The summed E-state index contributed by atoms with van der Waals surface area (Å²) in [7, 11) is 0. The first-order valence-electron chi connectivity index (χ1n) is 32.2. The van der Waals surface area contributed by atoms with E-state index in [9.17, 15) is 14.4 Å². The van der Waals surface area contributed by atoms with Crippen molar-refractivity contribution in [3.8, 4) is 0 Å². The third-order valence-electron chi connectivity index (χ3n) is 13.4. The van der Waals surface area contributed by atoms with Gasteiger partial charge >= 0.3 is 17.9 Å². The number of hydrogen-bond donors (Lipinski definition) is 0. The zero-order valence-electron chi connectivity index (χ0n) is 50.6. The molecule has 0 aromatic carbocycles. The molecule has 0 fully saturated rings. The van der Waals surface area contributed by atoms with E-state index in [0.29, 0.717) is 19.3 Å². The van der Waals surface area contributed by atoms with Gasteiger partial charge in [-0.2, -0.15) is 0 Å². The SMILES string of the molecule is CC/C=C\C/C=C\C/C=C\C/C=C\C/C=C\C/C=C\C/C=C\C/C=C\CCCCCCCCC(=O)OCC(COC(=O)CCCCCCC/C=C\CCCCCCC)OC(=O)CCCCCCC/C=C\C/C=C\CCCCC. The van der Waals surface area contributed by atoms with Crippen molar-refractivity contribution in [1.29, 1.82) is 0 Å². The molecule has 0 aliphatic heterocycles. The van der Waals surface area contributed by atoms with Crippen LogP contribution < -0.4 is 0 Å². The summed E-state index contributed by atoms with van der Waals surface area (Å²) >= 11 is 0. The monoisotopic (exact) mass is 1080 g/mol. The Balaban J connectivity index is 4.35. The van der Waals surface area contributed by atoms with Crippen molar-refractivity contribution in [2.24, 2.45) is 0 Å². The summed E-state index contributed by atoms with van der Waals surface area (Å²) in [5, 5.41) is 0. The summed E-state index contributed by atoms with van der Waals surface area (Å²) in [6.45, 7) is 6.46. The third kappa shape index (κ3) is 62.4. The molecule has 0 rings (SSSR count). The van der Waals surface area contributed by atoms with Gasteiger partial charge in [-0.15, -0.1) is 0 Å². The van der Waals surface area contributed by atoms with E-state index in [1.165, 1.54) is 89.9 Å². The first-order chi connectivity index (χ1) is 38.5. The van der Waals surface area contributed by atoms with Crippen molar-refractivity contribution in [1.82, 2.24) is 0 Å². The molecule has 0 heterocycles. The van der Waals surface area contributed by atoms with Crippen LogP contribution in [0.4, 0.5) is 0 Å². The normalized spacial score (nSPS) is 13.0. The largest absolute Gasteiger partial charge is 0.462 e. The van der Waals surface area contributed by atoms with E-state index < -0.39 is 6.10 Å². The van der Waals surface area contributed by atoms with Gasteiger partial charge in [0.1, 0.15) is 13.2 Å². The van der Waals surface area contributed by atoms with Gasteiger partial charge in [-0.25, -0.2) is 0 Å². The van der Waals surface area contributed by atoms with Gasteiger partial charge in [-0.1, -0.05) is 257 Å². The Kier molecular flexibility index (Phi) is 61.4. The van der Waals surface area contributed by atoms with Crippen LogP contribution in [-0.4, -0.2) is 37.2 Å². The lowest BCUT2D eigenvalue weighted by atomic mass is 10.1. The highest BCUT2D eigenvalue weighted by molar-refractivity contribution is 5.71. The molecule has 0 spiro atoms. The summed E-state index contributed by atoms with van der Waals surface area (Å²) in [4.78, 5) is 38.3. The first-order valence-corrected chi connectivity index (χ1v) is 32.2. The van der Waals surface area contributed by atoms with Crippen LogP contribution in [0.3, 0.4) is 0 Å². The molecule has 0 bridgehead atoms. The fourth-order valence-electron chi connectivity index (χ4n) is 8.54. The van der Waals surface area contributed by atoms with E-state index in [4.69, 9.17) is 14.2 Å². The third-order valence-corrected chi connectivity index (χ3v) is 13.4. The molecule has 0 radical (unpaired) electrons. The molecule has 0 N–H and O–H groups in total. The van der Waals surface area contributed by atoms with Crippen LogP contribution in [0.15, 0.2) is 134 Å². The smallest absolute Gasteiger partial charge is 0.306 e. The van der Waals surface area contributed by atoms with Gasteiger partial charge in [-0.3, -0.25) is 14.4 Å². The van der Waals surface area contributed by atoms with Gasteiger partial charge in [0.15, 0.2) is 6.10 Å². The summed E-state index contributed by atoms with van der Waals surface area (Å²) in [6, 6.07) is 0. The number of carbonyl (C=O) groups is 3. The second-order valence-electron chi connectivity index (χ2n) is 20.9. The van der Waals surface area contributed by atoms with Crippen LogP contribution in [0.2, 0.25) is 0 Å². The maximum absolute atomic E-state index is 12.9. The van der Waals surface area contributed by atoms with Crippen LogP contribution in [0.25, 0.3) is 0 Å². The van der Waals surface area contributed by atoms with Crippen molar-refractivity contribution >= 4 is 17.9 Å². The molecular formula is C72H118O6. The van der Waals surface area contributed by atoms with Gasteiger partial charge in [0, 0.05) is 19.3 Å². The Morgan fingerprint density at radius 3 is 0.821 bits per heavy atom. The maximum Gasteiger partial charge on any atom is 0.306 e. The number of rotatable bonds is 57. The van der Waals surface area contributed by atoms with Crippen molar-refractivity contribution < 1.29 is 28.6 Å². The van der Waals surface area contributed by atoms with Crippen LogP contribution >= 0.6 is 0 Å². The van der Waals surface area contributed by atoms with Crippen LogP contribution in [0, 0.1) is 0 Å². The number of allylic oxidation sites excluding steroid dienone is 22. The molecule has 0 aliphatic rings. The highest BCUT2D eigenvalue weighted by Gasteiger charge is 2.19. The average Bonchev–Trinajstić information content (AvgIpc) is 3.44. The fraction of sp³-hybridized carbons (Fsp3) is 0.653. The van der Waals surface area contributed by atoms with E-state index in [1.807, 2.05) is 0 Å². The number of hydrogen-bond acceptors (Lipinski definition) is 6. The molecule has 1 unspecified atom stereocenters. The minimum absolute atomic E-state index is 0.0953. The zero-order valence-corrected chi connectivity index (χ0v) is 50.6. The molecule has 0 saturated carbocycles. The summed E-state index contributed by atoms with van der Waals surface area (Å²) in [5.41, 5.74) is 0. The zero-order chi connectivity index (χ0) is 56.4. The minimum Gasteiger partial charge on any atom is -0.462 e. The molecule has 6 nitrogen and oxygen atoms in total. The Labute approximate surface area is 481 Å². The Morgan fingerprint density at radius 2 is 0.500 bits per heavy atom. The lowest BCUT2D eigenvalue weighted by molar-refractivity contribution is -0.167. The lowest BCUT2D eigenvalue weighted by Gasteiger charge is -2.18. The van der Waals surface area contributed by atoms with Crippen LogP contribution in [0.5, 0.6) is 0 Å². The van der Waals surface area contributed by atoms with E-state index in [0.717, 1.165) is 154 Å². The number of ether oxygens (including phenoxy) is 3. The highest BCUT2D eigenvalue weighted by atomic mass is 16.6. The molecule has 0 aliphatic carbocycles. The molecule has 6 heteroatoms. The lowest BCUT2D eigenvalue weighted by Crippen LogP contribution is -2.30. The van der Waals surface area contributed by atoms with Gasteiger partial charge in [-0.05, 0) is 141 Å². The molecule has 0 saturated heterocycles. The van der Waals surface area contributed by atoms with Crippen molar-refractivity contribution in [3.05, 3.63) is 134 Å². The van der Waals surface area contributed by atoms with E-state index in [1.54, 1.807) is 0 Å². The van der Waals surface area contributed by atoms with Gasteiger partial charge < -0.3 is 14.2 Å². The Morgan fingerprint density at radius 1 is 0.269 bits per heavy atom. The summed E-state index contributed by atoms with van der Waals surface area (Å²) in [6.07, 6.45) is 91.7. The fourth-order valence-corrected chi connectivity index (χ4v) is 8.54. The van der Waals surface area contributed by atoms with E-state index in [2.05, 4.69) is 154 Å². The van der Waals surface area contributed by atoms with Crippen molar-refractivity contribution in [3.63, 3.8) is 0 Å². The first kappa shape index (κ1) is 73.5. The molecule has 442 valence electrons. The van der Waals surface area contributed by atoms with Crippen molar-refractivity contribution in [2.75, 3.05) is 13.2 Å². The second-order valence-corrected chi connectivity index (χ2v) is 20.9. The average molecular weight is 1080 g/mol. The van der Waals surface area contributed by atoms with Crippen molar-refractivity contribution in [2.45, 2.75) is 290 Å². The number of unbranched alkanes of at least 4 members (excludes halogenated alkanes) is 24. The topological polar surface area (TPSA) is 78.9 Å². The highest BCUT2D eigenvalue weighted by Crippen LogP contribution is 2.14. The molecule has 0 aromatic heterocycles. The molecular weight excluding hydrogens is 961 g/mol. The predicted octanol–water partition coefficient (Wildman–Crippen LogP) is 22.2.